The summed E-state index contributed by atoms with van der Waals surface area (Å²) in [6.07, 6.45) is -7.69. The van der Waals surface area contributed by atoms with Crippen LogP contribution in [0.25, 0.3) is 0 Å². The predicted molar refractivity (Wildman–Crippen MR) is 78.4 cm³/mol. The van der Waals surface area contributed by atoms with E-state index in [1.54, 1.807) is 0 Å². The van der Waals surface area contributed by atoms with Gasteiger partial charge >= 0.3 is 6.09 Å². The molecule has 0 radical (unpaired) electrons. The minimum atomic E-state index is -1.30. The van der Waals surface area contributed by atoms with Crippen LogP contribution in [0.5, 0.6) is 0 Å². The molecule has 24 heavy (non-hydrogen) atoms. The average molecular weight is 348 g/mol. The van der Waals surface area contributed by atoms with Crippen molar-refractivity contribution in [2.75, 3.05) is 6.54 Å². The topological polar surface area (TPSA) is 196 Å². The molecule has 3 aliphatic rings. The van der Waals surface area contributed by atoms with Gasteiger partial charge in [-0.1, -0.05) is 0 Å². The zero-order chi connectivity index (χ0) is 17.6. The van der Waals surface area contributed by atoms with Crippen LogP contribution >= 0.6 is 0 Å². The van der Waals surface area contributed by atoms with Crippen molar-refractivity contribution < 1.29 is 34.3 Å². The maximum Gasteiger partial charge on any atom is 0.407 e. The Hall–Kier alpha value is -1.05. The quantitative estimate of drug-likeness (QED) is 0.262. The summed E-state index contributed by atoms with van der Waals surface area (Å²) < 4.78 is 16.2. The number of rotatable bonds is 3. The van der Waals surface area contributed by atoms with Gasteiger partial charge in [-0.3, -0.25) is 0 Å². The highest BCUT2D eigenvalue weighted by molar-refractivity contribution is 5.70. The van der Waals surface area contributed by atoms with Gasteiger partial charge in [0.05, 0.1) is 12.1 Å². The molecule has 2 aliphatic heterocycles. The fourth-order valence-electron chi connectivity index (χ4n) is 3.45. The summed E-state index contributed by atoms with van der Waals surface area (Å²) in [5.74, 6) is 0. The third kappa shape index (κ3) is 2.97. The van der Waals surface area contributed by atoms with Gasteiger partial charge in [-0.2, -0.15) is 0 Å². The largest absolute Gasteiger partial charge is 0.441 e. The second-order valence-electron chi connectivity index (χ2n) is 6.45. The Balaban J connectivity index is 1.71. The third-order valence-electron chi connectivity index (χ3n) is 4.84. The number of ether oxygens (including phenoxy) is 3. The highest BCUT2D eigenvalue weighted by atomic mass is 16.7. The highest BCUT2D eigenvalue weighted by Gasteiger charge is 2.52. The van der Waals surface area contributed by atoms with Gasteiger partial charge in [0.15, 0.2) is 12.4 Å². The number of carbonyl (C=O) groups is 1. The third-order valence-corrected chi connectivity index (χ3v) is 4.84. The number of carbonyl (C=O) groups excluding carboxylic acids is 1. The maximum absolute atomic E-state index is 11.3. The molecule has 0 bridgehead atoms. The summed E-state index contributed by atoms with van der Waals surface area (Å²) in [5, 5.41) is 32.9. The zero-order valence-electron chi connectivity index (χ0n) is 12.9. The molecule has 11 nitrogen and oxygen atoms in total. The summed E-state index contributed by atoms with van der Waals surface area (Å²) in [6.45, 7) is -0.0453. The van der Waals surface area contributed by atoms with Crippen molar-refractivity contribution in [3.8, 4) is 0 Å². The van der Waals surface area contributed by atoms with Crippen molar-refractivity contribution in [3.05, 3.63) is 0 Å². The van der Waals surface area contributed by atoms with E-state index in [0.717, 1.165) is 0 Å². The molecule has 1 saturated carbocycles. The van der Waals surface area contributed by atoms with Crippen molar-refractivity contribution in [2.45, 2.75) is 67.5 Å². The molecule has 0 aromatic heterocycles. The van der Waals surface area contributed by atoms with E-state index in [9.17, 15) is 20.1 Å². The predicted octanol–water partition coefficient (Wildman–Crippen LogP) is -4.33. The van der Waals surface area contributed by atoms with Gasteiger partial charge in [0.25, 0.3) is 0 Å². The van der Waals surface area contributed by atoms with Crippen LogP contribution in [0.4, 0.5) is 4.79 Å². The highest BCUT2D eigenvalue weighted by Crippen LogP contribution is 2.30. The fraction of sp³-hybridized carbons (Fsp3) is 0.923. The summed E-state index contributed by atoms with van der Waals surface area (Å²) in [6, 6.07) is -2.06. The number of hydrogen-bond acceptors (Lipinski definition) is 10. The Labute approximate surface area is 138 Å². The van der Waals surface area contributed by atoms with Crippen molar-refractivity contribution in [1.82, 2.24) is 5.32 Å². The molecule has 2 heterocycles. The SMILES string of the molecule is NC[C@H]1O[C@H](O[C@@H]2[C@@H](O)[C@@H]3OC(=O)N[C@H]3C[C@H]2N)[C@H](N)[C@@H](O)[C@@H]1O. The van der Waals surface area contributed by atoms with Crippen molar-refractivity contribution >= 4 is 6.09 Å². The second kappa shape index (κ2) is 6.69. The van der Waals surface area contributed by atoms with Crippen molar-refractivity contribution in [2.24, 2.45) is 17.2 Å². The lowest BCUT2D eigenvalue weighted by molar-refractivity contribution is -0.286. The summed E-state index contributed by atoms with van der Waals surface area (Å²) in [7, 11) is 0. The Bertz CT molecular complexity index is 481. The van der Waals surface area contributed by atoms with Crippen LogP contribution in [0.3, 0.4) is 0 Å². The number of fused-ring (bicyclic) bond motifs is 1. The first kappa shape index (κ1) is 17.8. The molecule has 0 unspecified atom stereocenters. The van der Waals surface area contributed by atoms with E-state index in [0.29, 0.717) is 6.42 Å². The number of hydrogen-bond donors (Lipinski definition) is 7. The van der Waals surface area contributed by atoms with Crippen LogP contribution in [-0.4, -0.2) is 89.0 Å². The monoisotopic (exact) mass is 348 g/mol. The standard InChI is InChI=1S/C13H24N4O7/c14-2-5-7(18)8(19)6(16)12(22-5)23-10-3(15)1-4-11(9(10)20)24-13(21)17-4/h3-12,18-20H,1-2,14-16H2,(H,17,21)/t3-,4+,5-,6-,7-,8-,9-,10+,11-,12-/m1/s1. The minimum absolute atomic E-state index is 0.0453. The number of alkyl carbamates (subject to hydrolysis) is 1. The van der Waals surface area contributed by atoms with E-state index in [-0.39, 0.29) is 6.54 Å². The van der Waals surface area contributed by atoms with Gasteiger partial charge in [0.2, 0.25) is 0 Å². The smallest absolute Gasteiger partial charge is 0.407 e. The van der Waals surface area contributed by atoms with E-state index in [4.69, 9.17) is 31.4 Å². The molecule has 138 valence electrons. The molecule has 10 atom stereocenters. The van der Waals surface area contributed by atoms with Crippen LogP contribution in [0.15, 0.2) is 0 Å². The number of nitrogens with one attached hydrogen (secondary N) is 1. The molecule has 1 amide bonds. The molecule has 0 aromatic carbocycles. The Morgan fingerprint density at radius 2 is 1.92 bits per heavy atom. The first-order valence-corrected chi connectivity index (χ1v) is 7.87. The zero-order valence-corrected chi connectivity index (χ0v) is 12.9. The number of aliphatic hydroxyl groups excluding tert-OH is 3. The molecule has 11 heteroatoms. The second-order valence-corrected chi connectivity index (χ2v) is 6.45. The molecule has 10 N–H and O–H groups in total. The number of amides is 1. The normalized spacial score (nSPS) is 51.7. The Morgan fingerprint density at radius 1 is 1.21 bits per heavy atom. The summed E-state index contributed by atoms with van der Waals surface area (Å²) in [5.41, 5.74) is 17.4. The van der Waals surface area contributed by atoms with E-state index in [2.05, 4.69) is 5.32 Å². The van der Waals surface area contributed by atoms with Crippen LogP contribution in [0.2, 0.25) is 0 Å². The van der Waals surface area contributed by atoms with E-state index in [1.165, 1.54) is 0 Å². The van der Waals surface area contributed by atoms with Crippen molar-refractivity contribution in [1.29, 1.82) is 0 Å². The Kier molecular flexibility index (Phi) is 4.95. The van der Waals surface area contributed by atoms with Gasteiger partial charge in [0.1, 0.15) is 30.5 Å². The molecule has 0 aromatic rings. The summed E-state index contributed by atoms with van der Waals surface area (Å²) in [4.78, 5) is 11.3. The Morgan fingerprint density at radius 3 is 2.58 bits per heavy atom. The molecule has 0 spiro atoms. The van der Waals surface area contributed by atoms with Crippen LogP contribution < -0.4 is 22.5 Å². The van der Waals surface area contributed by atoms with E-state index in [1.807, 2.05) is 0 Å². The number of nitrogens with two attached hydrogens (primary N) is 3. The molecule has 2 saturated heterocycles. The fourth-order valence-corrected chi connectivity index (χ4v) is 3.45. The van der Waals surface area contributed by atoms with Gasteiger partial charge in [-0.25, -0.2) is 4.79 Å². The molecular weight excluding hydrogens is 324 g/mol. The van der Waals surface area contributed by atoms with E-state index < -0.39 is 67.1 Å². The van der Waals surface area contributed by atoms with Gasteiger partial charge < -0.3 is 52.0 Å². The van der Waals surface area contributed by atoms with Crippen LogP contribution in [0.1, 0.15) is 6.42 Å². The van der Waals surface area contributed by atoms with Gasteiger partial charge in [-0.05, 0) is 6.42 Å². The molecule has 1 aliphatic carbocycles. The average Bonchev–Trinajstić information content (AvgIpc) is 2.91. The first-order chi connectivity index (χ1) is 11.3. The van der Waals surface area contributed by atoms with Gasteiger partial charge in [-0.15, -0.1) is 0 Å². The van der Waals surface area contributed by atoms with E-state index >= 15 is 0 Å². The number of aliphatic hydroxyl groups is 3. The lowest BCUT2D eigenvalue weighted by atomic mass is 9.84. The molecule has 3 rings (SSSR count). The van der Waals surface area contributed by atoms with Crippen LogP contribution in [0, 0.1) is 0 Å². The van der Waals surface area contributed by atoms with Gasteiger partial charge in [0, 0.05) is 12.6 Å². The molecule has 3 fully saturated rings. The first-order valence-electron chi connectivity index (χ1n) is 7.87. The summed E-state index contributed by atoms with van der Waals surface area (Å²) >= 11 is 0. The minimum Gasteiger partial charge on any atom is -0.441 e. The lowest BCUT2D eigenvalue weighted by Gasteiger charge is -2.45. The maximum atomic E-state index is 11.3. The molecular formula is C13H24N4O7. The van der Waals surface area contributed by atoms with Crippen molar-refractivity contribution in [3.63, 3.8) is 0 Å². The van der Waals surface area contributed by atoms with Crippen LogP contribution in [-0.2, 0) is 14.2 Å². The lowest BCUT2D eigenvalue weighted by Crippen LogP contribution is -2.66.